The number of carbonyl (C=O) groups is 1. The summed E-state index contributed by atoms with van der Waals surface area (Å²) >= 11 is 0. The van der Waals surface area contributed by atoms with Crippen molar-refractivity contribution in [3.05, 3.63) is 69.8 Å². The number of H-pyrrole nitrogens is 1. The molecule has 2 heterocycles. The Morgan fingerprint density at radius 3 is 2.78 bits per heavy atom. The molecule has 1 amide bonds. The van der Waals surface area contributed by atoms with Gasteiger partial charge in [-0.05, 0) is 37.6 Å². The van der Waals surface area contributed by atoms with Crippen molar-refractivity contribution < 1.29 is 9.53 Å². The Kier molecular flexibility index (Phi) is 5.35. The molecule has 3 rings (SSSR count). The zero-order chi connectivity index (χ0) is 19.4. The number of benzene rings is 1. The van der Waals surface area contributed by atoms with Crippen molar-refractivity contribution in [3.63, 3.8) is 0 Å². The summed E-state index contributed by atoms with van der Waals surface area (Å²) in [6.45, 7) is 4.61. The van der Waals surface area contributed by atoms with Crippen LogP contribution < -0.4 is 10.3 Å². The second kappa shape index (κ2) is 7.86. The van der Waals surface area contributed by atoms with Crippen LogP contribution in [0, 0.1) is 13.8 Å². The number of nitrogens with zero attached hydrogens (tertiary/aromatic N) is 4. The molecular weight excluding hydrogens is 346 g/mol. The Hall–Kier alpha value is -3.42. The number of aromatic nitrogens is 4. The summed E-state index contributed by atoms with van der Waals surface area (Å²) in [5.41, 5.74) is 1.94. The standard InChI is InChI=1S/C19H21N5O3/c1-13-5-4-6-15(11-13)27-10-9-23(3)19(26)16-12-20-24(14(16)2)17-7-8-18(25)22-21-17/h4-8,11-12H,9-10H2,1-3H3,(H,22,25). The predicted molar refractivity (Wildman–Crippen MR) is 100 cm³/mol. The van der Waals surface area contributed by atoms with E-state index in [0.717, 1.165) is 11.3 Å². The number of carbonyl (C=O) groups excluding carboxylic acids is 1. The Bertz CT molecular complexity index is 988. The van der Waals surface area contributed by atoms with Gasteiger partial charge in [-0.2, -0.15) is 10.2 Å². The van der Waals surface area contributed by atoms with E-state index in [-0.39, 0.29) is 11.5 Å². The third-order valence-electron chi connectivity index (χ3n) is 4.15. The fraction of sp³-hybridized carbons (Fsp3) is 0.263. The summed E-state index contributed by atoms with van der Waals surface area (Å²) in [7, 11) is 1.72. The molecule has 0 aliphatic rings. The average Bonchev–Trinajstić information content (AvgIpc) is 3.03. The first-order valence-corrected chi connectivity index (χ1v) is 8.51. The van der Waals surface area contributed by atoms with E-state index in [4.69, 9.17) is 4.74 Å². The van der Waals surface area contributed by atoms with Crippen LogP contribution >= 0.6 is 0 Å². The van der Waals surface area contributed by atoms with E-state index < -0.39 is 0 Å². The number of amides is 1. The number of hydrogen-bond acceptors (Lipinski definition) is 5. The maximum atomic E-state index is 12.7. The summed E-state index contributed by atoms with van der Waals surface area (Å²) in [5, 5.41) is 10.5. The quantitative estimate of drug-likeness (QED) is 0.716. The minimum atomic E-state index is -0.298. The van der Waals surface area contributed by atoms with Crippen molar-refractivity contribution in [2.45, 2.75) is 13.8 Å². The maximum absolute atomic E-state index is 12.7. The van der Waals surface area contributed by atoms with Gasteiger partial charge in [-0.15, -0.1) is 0 Å². The molecule has 0 aliphatic carbocycles. The summed E-state index contributed by atoms with van der Waals surface area (Å²) < 4.78 is 7.22. The van der Waals surface area contributed by atoms with E-state index in [1.54, 1.807) is 24.9 Å². The van der Waals surface area contributed by atoms with Gasteiger partial charge in [-0.25, -0.2) is 9.78 Å². The van der Waals surface area contributed by atoms with Crippen molar-refractivity contribution in [1.82, 2.24) is 24.9 Å². The monoisotopic (exact) mass is 367 g/mol. The molecule has 8 heteroatoms. The van der Waals surface area contributed by atoms with Gasteiger partial charge in [0.25, 0.3) is 11.5 Å². The van der Waals surface area contributed by atoms with Gasteiger partial charge in [-0.1, -0.05) is 12.1 Å². The fourth-order valence-electron chi connectivity index (χ4n) is 2.62. The molecule has 0 fully saturated rings. The average molecular weight is 367 g/mol. The van der Waals surface area contributed by atoms with Crippen LogP contribution in [0.1, 0.15) is 21.6 Å². The van der Waals surface area contributed by atoms with Crippen LogP contribution in [0.15, 0.2) is 47.4 Å². The van der Waals surface area contributed by atoms with E-state index >= 15 is 0 Å². The SMILES string of the molecule is Cc1cccc(OCCN(C)C(=O)c2cnn(-c3ccc(=O)[nH]n3)c2C)c1. The van der Waals surface area contributed by atoms with Crippen molar-refractivity contribution in [2.75, 3.05) is 20.2 Å². The van der Waals surface area contributed by atoms with Crippen LogP contribution in [0.5, 0.6) is 5.75 Å². The molecule has 0 saturated heterocycles. The molecule has 140 valence electrons. The predicted octanol–water partition coefficient (Wildman–Crippen LogP) is 1.72. The van der Waals surface area contributed by atoms with Gasteiger partial charge in [0.1, 0.15) is 12.4 Å². The molecule has 8 nitrogen and oxygen atoms in total. The van der Waals surface area contributed by atoms with E-state index in [1.165, 1.54) is 16.9 Å². The molecule has 0 radical (unpaired) electrons. The lowest BCUT2D eigenvalue weighted by atomic mass is 10.2. The highest BCUT2D eigenvalue weighted by Gasteiger charge is 2.19. The fourth-order valence-corrected chi connectivity index (χ4v) is 2.62. The second-order valence-electron chi connectivity index (χ2n) is 6.23. The van der Waals surface area contributed by atoms with Crippen molar-refractivity contribution in [1.29, 1.82) is 0 Å². The van der Waals surface area contributed by atoms with Gasteiger partial charge in [0.2, 0.25) is 0 Å². The summed E-state index contributed by atoms with van der Waals surface area (Å²) in [6.07, 6.45) is 1.50. The molecule has 1 aromatic carbocycles. The van der Waals surface area contributed by atoms with Crippen LogP contribution in [-0.4, -0.2) is 51.0 Å². The lowest BCUT2D eigenvalue weighted by Crippen LogP contribution is -2.31. The first kappa shape index (κ1) is 18.4. The van der Waals surface area contributed by atoms with Crippen molar-refractivity contribution in [3.8, 4) is 11.6 Å². The van der Waals surface area contributed by atoms with Gasteiger partial charge in [-0.3, -0.25) is 9.59 Å². The number of likely N-dealkylation sites (N-methyl/N-ethyl adjacent to an activating group) is 1. The Morgan fingerprint density at radius 1 is 1.26 bits per heavy atom. The number of rotatable bonds is 6. The Labute approximate surface area is 156 Å². The second-order valence-corrected chi connectivity index (χ2v) is 6.23. The van der Waals surface area contributed by atoms with Gasteiger partial charge in [0.15, 0.2) is 5.82 Å². The van der Waals surface area contributed by atoms with E-state index in [1.807, 2.05) is 31.2 Å². The van der Waals surface area contributed by atoms with Crippen LogP contribution in [0.4, 0.5) is 0 Å². The first-order valence-electron chi connectivity index (χ1n) is 8.51. The molecule has 3 aromatic rings. The van der Waals surface area contributed by atoms with E-state index in [0.29, 0.717) is 30.2 Å². The number of nitrogens with one attached hydrogen (secondary N) is 1. The first-order chi connectivity index (χ1) is 13.0. The minimum Gasteiger partial charge on any atom is -0.492 e. The summed E-state index contributed by atoms with van der Waals surface area (Å²) in [4.78, 5) is 25.4. The zero-order valence-electron chi connectivity index (χ0n) is 15.5. The van der Waals surface area contributed by atoms with Crippen molar-refractivity contribution >= 4 is 5.91 Å². The number of aromatic amines is 1. The van der Waals surface area contributed by atoms with Crippen LogP contribution in [0.25, 0.3) is 5.82 Å². The highest BCUT2D eigenvalue weighted by molar-refractivity contribution is 5.95. The topological polar surface area (TPSA) is 93.1 Å². The highest BCUT2D eigenvalue weighted by Crippen LogP contribution is 2.14. The lowest BCUT2D eigenvalue weighted by molar-refractivity contribution is 0.0773. The zero-order valence-corrected chi connectivity index (χ0v) is 15.5. The van der Waals surface area contributed by atoms with Gasteiger partial charge >= 0.3 is 0 Å². The van der Waals surface area contributed by atoms with E-state index in [2.05, 4.69) is 15.3 Å². The highest BCUT2D eigenvalue weighted by atomic mass is 16.5. The third kappa shape index (κ3) is 4.22. The summed E-state index contributed by atoms with van der Waals surface area (Å²) in [6, 6.07) is 10.7. The van der Waals surface area contributed by atoms with E-state index in [9.17, 15) is 9.59 Å². The largest absolute Gasteiger partial charge is 0.492 e. The smallest absolute Gasteiger partial charge is 0.264 e. The summed E-state index contributed by atoms with van der Waals surface area (Å²) in [5.74, 6) is 1.07. The van der Waals surface area contributed by atoms with Gasteiger partial charge < -0.3 is 9.64 Å². The Balaban J connectivity index is 1.65. The number of hydrogen-bond donors (Lipinski definition) is 1. The Morgan fingerprint density at radius 2 is 2.07 bits per heavy atom. The van der Waals surface area contributed by atoms with Crippen LogP contribution in [0.3, 0.4) is 0 Å². The molecule has 1 N–H and O–H groups in total. The van der Waals surface area contributed by atoms with Crippen LogP contribution in [-0.2, 0) is 0 Å². The molecule has 0 saturated carbocycles. The minimum absolute atomic E-state index is 0.156. The molecule has 2 aromatic heterocycles. The maximum Gasteiger partial charge on any atom is 0.264 e. The van der Waals surface area contributed by atoms with Crippen molar-refractivity contribution in [2.24, 2.45) is 0 Å². The molecule has 0 aliphatic heterocycles. The third-order valence-corrected chi connectivity index (χ3v) is 4.15. The lowest BCUT2D eigenvalue weighted by Gasteiger charge is -2.17. The molecule has 27 heavy (non-hydrogen) atoms. The number of ether oxygens (including phenoxy) is 1. The van der Waals surface area contributed by atoms with Gasteiger partial charge in [0.05, 0.1) is 24.0 Å². The van der Waals surface area contributed by atoms with Gasteiger partial charge in [0, 0.05) is 13.1 Å². The normalized spacial score (nSPS) is 10.6. The molecule has 0 bridgehead atoms. The molecular formula is C19H21N5O3. The molecule has 0 spiro atoms. The molecule has 0 unspecified atom stereocenters. The molecule has 0 atom stereocenters. The van der Waals surface area contributed by atoms with Crippen LogP contribution in [0.2, 0.25) is 0 Å². The number of aryl methyl sites for hydroxylation is 1.